The third-order valence-electron chi connectivity index (χ3n) is 4.17. The van der Waals surface area contributed by atoms with Crippen LogP contribution in [0.15, 0.2) is 12.5 Å². The molecule has 1 N–H and O–H groups in total. The topological polar surface area (TPSA) is 98.9 Å². The number of carbonyl (C=O) groups excluding carboxylic acids is 1. The molecular weight excluding hydrogens is 318 g/mol. The van der Waals surface area contributed by atoms with E-state index < -0.39 is 9.84 Å². The van der Waals surface area contributed by atoms with Crippen molar-refractivity contribution in [3.05, 3.63) is 29.6 Å². The second kappa shape index (κ2) is 5.48. The van der Waals surface area contributed by atoms with Gasteiger partial charge in [-0.25, -0.2) is 13.4 Å². The molecule has 1 aliphatic rings. The highest BCUT2D eigenvalue weighted by Crippen LogP contribution is 2.29. The van der Waals surface area contributed by atoms with Gasteiger partial charge in [-0.3, -0.25) is 9.48 Å². The molecule has 0 spiro atoms. The number of rotatable bonds is 3. The SMILES string of the molecule is Cc1nn(C2CCS(=O)(=O)C2)c(C)c1NC(=O)c1cncn1C. The lowest BCUT2D eigenvalue weighted by atomic mass is 10.2. The van der Waals surface area contributed by atoms with Gasteiger partial charge in [0.25, 0.3) is 5.91 Å². The van der Waals surface area contributed by atoms with Crippen molar-refractivity contribution in [1.29, 1.82) is 0 Å². The second-order valence-electron chi connectivity index (χ2n) is 5.89. The number of amides is 1. The van der Waals surface area contributed by atoms with E-state index in [4.69, 9.17) is 0 Å². The van der Waals surface area contributed by atoms with Gasteiger partial charge >= 0.3 is 0 Å². The average Bonchev–Trinajstić information content (AvgIpc) is 3.12. The van der Waals surface area contributed by atoms with E-state index in [1.54, 1.807) is 29.5 Å². The summed E-state index contributed by atoms with van der Waals surface area (Å²) in [7, 11) is -1.24. The minimum Gasteiger partial charge on any atom is -0.330 e. The fraction of sp³-hybridized carbons (Fsp3) is 0.500. The summed E-state index contributed by atoms with van der Waals surface area (Å²) in [4.78, 5) is 16.3. The molecule has 1 atom stereocenters. The van der Waals surface area contributed by atoms with Crippen LogP contribution in [-0.2, 0) is 16.9 Å². The standard InChI is InChI=1S/C14H19N5O3S/c1-9-13(16-14(20)12-6-15-8-18(12)3)10(2)19(17-9)11-4-5-23(21,22)7-11/h6,8,11H,4-5,7H2,1-3H3,(H,16,20). The first-order valence-corrected chi connectivity index (χ1v) is 9.14. The molecule has 0 aromatic carbocycles. The summed E-state index contributed by atoms with van der Waals surface area (Å²) in [6, 6.07) is -0.166. The first-order valence-electron chi connectivity index (χ1n) is 7.32. The lowest BCUT2D eigenvalue weighted by Crippen LogP contribution is -2.17. The summed E-state index contributed by atoms with van der Waals surface area (Å²) >= 11 is 0. The van der Waals surface area contributed by atoms with Crippen LogP contribution in [0.25, 0.3) is 0 Å². The van der Waals surface area contributed by atoms with Crippen LogP contribution < -0.4 is 5.32 Å². The maximum absolute atomic E-state index is 12.3. The molecule has 124 valence electrons. The van der Waals surface area contributed by atoms with E-state index in [-0.39, 0.29) is 23.5 Å². The molecular formula is C14H19N5O3S. The van der Waals surface area contributed by atoms with Crippen molar-refractivity contribution < 1.29 is 13.2 Å². The number of aryl methyl sites for hydroxylation is 2. The molecule has 3 heterocycles. The van der Waals surface area contributed by atoms with Crippen molar-refractivity contribution in [3.63, 3.8) is 0 Å². The fourth-order valence-corrected chi connectivity index (χ4v) is 4.61. The Hall–Kier alpha value is -2.16. The van der Waals surface area contributed by atoms with Crippen molar-refractivity contribution in [2.45, 2.75) is 26.3 Å². The summed E-state index contributed by atoms with van der Waals surface area (Å²) in [5.41, 5.74) is 2.50. The third-order valence-corrected chi connectivity index (χ3v) is 5.92. The summed E-state index contributed by atoms with van der Waals surface area (Å²) < 4.78 is 26.7. The predicted octanol–water partition coefficient (Wildman–Crippen LogP) is 0.845. The van der Waals surface area contributed by atoms with Crippen molar-refractivity contribution in [2.75, 3.05) is 16.8 Å². The Labute approximate surface area is 134 Å². The average molecular weight is 337 g/mol. The van der Waals surface area contributed by atoms with Crippen molar-refractivity contribution in [2.24, 2.45) is 7.05 Å². The van der Waals surface area contributed by atoms with Gasteiger partial charge in [0.2, 0.25) is 0 Å². The molecule has 1 saturated heterocycles. The van der Waals surface area contributed by atoms with Crippen molar-refractivity contribution in [3.8, 4) is 0 Å². The molecule has 1 aliphatic heterocycles. The molecule has 3 rings (SSSR count). The largest absolute Gasteiger partial charge is 0.330 e. The van der Waals surface area contributed by atoms with Crippen molar-refractivity contribution >= 4 is 21.4 Å². The summed E-state index contributed by atoms with van der Waals surface area (Å²) in [5, 5.41) is 7.28. The molecule has 9 heteroatoms. The van der Waals surface area contributed by atoms with Gasteiger partial charge in [0.05, 0.1) is 47.1 Å². The third kappa shape index (κ3) is 2.88. The molecule has 2 aromatic rings. The van der Waals surface area contributed by atoms with E-state index in [1.807, 2.05) is 6.92 Å². The van der Waals surface area contributed by atoms with Gasteiger partial charge in [-0.2, -0.15) is 5.10 Å². The number of nitrogens with one attached hydrogen (secondary N) is 1. The van der Waals surface area contributed by atoms with Gasteiger partial charge in [-0.05, 0) is 20.3 Å². The van der Waals surface area contributed by atoms with Crippen molar-refractivity contribution in [1.82, 2.24) is 19.3 Å². The zero-order valence-corrected chi connectivity index (χ0v) is 14.1. The number of carbonyl (C=O) groups is 1. The Morgan fingerprint density at radius 2 is 2.13 bits per heavy atom. The molecule has 8 nitrogen and oxygen atoms in total. The molecule has 0 aliphatic carbocycles. The lowest BCUT2D eigenvalue weighted by Gasteiger charge is -2.11. The van der Waals surface area contributed by atoms with Crippen LogP contribution in [-0.4, -0.2) is 45.2 Å². The van der Waals surface area contributed by atoms with Crippen LogP contribution in [0.1, 0.15) is 34.3 Å². The summed E-state index contributed by atoms with van der Waals surface area (Å²) in [6.45, 7) is 3.63. The normalized spacial score (nSPS) is 19.9. The Morgan fingerprint density at radius 1 is 1.39 bits per heavy atom. The summed E-state index contributed by atoms with van der Waals surface area (Å²) in [5.74, 6) is 0.0198. The van der Waals surface area contributed by atoms with Gasteiger partial charge in [-0.15, -0.1) is 0 Å². The number of nitrogens with zero attached hydrogens (tertiary/aromatic N) is 4. The first-order chi connectivity index (χ1) is 10.8. The number of imidazole rings is 1. The Kier molecular flexibility index (Phi) is 3.75. The highest BCUT2D eigenvalue weighted by molar-refractivity contribution is 7.91. The Bertz CT molecular complexity index is 865. The van der Waals surface area contributed by atoms with E-state index in [0.717, 1.165) is 5.69 Å². The maximum Gasteiger partial charge on any atom is 0.274 e. The van der Waals surface area contributed by atoms with Crippen LogP contribution in [0.5, 0.6) is 0 Å². The molecule has 0 radical (unpaired) electrons. The molecule has 0 bridgehead atoms. The molecule has 1 unspecified atom stereocenters. The number of hydrogen-bond donors (Lipinski definition) is 1. The van der Waals surface area contributed by atoms with Gasteiger partial charge in [0.15, 0.2) is 9.84 Å². The van der Waals surface area contributed by atoms with E-state index in [1.165, 1.54) is 6.20 Å². The highest BCUT2D eigenvalue weighted by atomic mass is 32.2. The van der Waals surface area contributed by atoms with Crippen LogP contribution in [0.2, 0.25) is 0 Å². The Morgan fingerprint density at radius 3 is 2.70 bits per heavy atom. The van der Waals surface area contributed by atoms with Crippen LogP contribution >= 0.6 is 0 Å². The van der Waals surface area contributed by atoms with Gasteiger partial charge in [-0.1, -0.05) is 0 Å². The van der Waals surface area contributed by atoms with E-state index in [0.29, 0.717) is 23.5 Å². The van der Waals surface area contributed by atoms with E-state index in [2.05, 4.69) is 15.4 Å². The smallest absolute Gasteiger partial charge is 0.274 e. The first kappa shape index (κ1) is 15.7. The maximum atomic E-state index is 12.3. The predicted molar refractivity (Wildman–Crippen MR) is 85.2 cm³/mol. The van der Waals surface area contributed by atoms with Gasteiger partial charge < -0.3 is 9.88 Å². The van der Waals surface area contributed by atoms with Gasteiger partial charge in [0.1, 0.15) is 5.69 Å². The lowest BCUT2D eigenvalue weighted by molar-refractivity contribution is 0.101. The van der Waals surface area contributed by atoms with Gasteiger partial charge in [0, 0.05) is 7.05 Å². The molecule has 0 saturated carbocycles. The number of sulfone groups is 1. The fourth-order valence-electron chi connectivity index (χ4n) is 2.92. The minimum absolute atomic E-state index is 0.101. The highest BCUT2D eigenvalue weighted by Gasteiger charge is 2.31. The molecule has 23 heavy (non-hydrogen) atoms. The van der Waals surface area contributed by atoms with Crippen LogP contribution in [0.3, 0.4) is 0 Å². The molecule has 1 fully saturated rings. The minimum atomic E-state index is -2.99. The quantitative estimate of drug-likeness (QED) is 0.895. The van der Waals surface area contributed by atoms with Crippen LogP contribution in [0.4, 0.5) is 5.69 Å². The van der Waals surface area contributed by atoms with E-state index in [9.17, 15) is 13.2 Å². The molecule has 2 aromatic heterocycles. The van der Waals surface area contributed by atoms with E-state index >= 15 is 0 Å². The zero-order valence-electron chi connectivity index (χ0n) is 13.3. The second-order valence-corrected chi connectivity index (χ2v) is 8.12. The molecule has 1 amide bonds. The monoisotopic (exact) mass is 337 g/mol. The number of anilines is 1. The van der Waals surface area contributed by atoms with Crippen LogP contribution in [0, 0.1) is 13.8 Å². The summed E-state index contributed by atoms with van der Waals surface area (Å²) in [6.07, 6.45) is 3.61. The number of aromatic nitrogens is 4. The Balaban J connectivity index is 1.87. The number of hydrogen-bond acceptors (Lipinski definition) is 5. The zero-order chi connectivity index (χ0) is 16.8.